The fourth-order valence-corrected chi connectivity index (χ4v) is 4.30. The van der Waals surface area contributed by atoms with Crippen LogP contribution in [0.5, 0.6) is 5.88 Å². The first-order valence-electron chi connectivity index (χ1n) is 7.41. The summed E-state index contributed by atoms with van der Waals surface area (Å²) in [5.74, 6) is -0.581. The molecule has 0 radical (unpaired) electrons. The van der Waals surface area contributed by atoms with Gasteiger partial charge in [-0.2, -0.15) is 0 Å². The molecule has 1 heterocycles. The Morgan fingerprint density at radius 3 is 2.35 bits per heavy atom. The van der Waals surface area contributed by atoms with Crippen LogP contribution in [0.1, 0.15) is 20.9 Å². The Bertz CT molecular complexity index is 898. The molecule has 0 amide bonds. The van der Waals surface area contributed by atoms with E-state index in [0.29, 0.717) is 10.5 Å². The van der Waals surface area contributed by atoms with Crippen molar-refractivity contribution in [3.63, 3.8) is 0 Å². The molecule has 0 N–H and O–H groups in total. The minimum absolute atomic E-state index is 0.0486. The average molecular weight is 482 g/mol. The van der Waals surface area contributed by atoms with Crippen molar-refractivity contribution in [3.05, 3.63) is 72.0 Å². The maximum absolute atomic E-state index is 12.3. The van der Waals surface area contributed by atoms with Crippen LogP contribution in [0.15, 0.2) is 75.0 Å². The summed E-state index contributed by atoms with van der Waals surface area (Å²) in [6.45, 7) is 0. The van der Waals surface area contributed by atoms with E-state index in [1.165, 1.54) is 18.9 Å². The third-order valence-electron chi connectivity index (χ3n) is 3.14. The van der Waals surface area contributed by atoms with Gasteiger partial charge in [-0.15, -0.1) is 0 Å². The van der Waals surface area contributed by atoms with E-state index in [9.17, 15) is 9.59 Å². The molecule has 0 saturated carbocycles. The number of ether oxygens (including phenoxy) is 1. The quantitative estimate of drug-likeness (QED) is 0.281. The predicted octanol–water partition coefficient (Wildman–Crippen LogP) is 0.836. The molecule has 3 aromatic rings. The summed E-state index contributed by atoms with van der Waals surface area (Å²) in [4.78, 5) is 25.4. The van der Waals surface area contributed by atoms with Crippen molar-refractivity contribution in [2.75, 3.05) is 7.11 Å². The molecule has 8 heteroatoms. The van der Waals surface area contributed by atoms with Crippen molar-refractivity contribution in [1.29, 1.82) is 0 Å². The Morgan fingerprint density at radius 2 is 1.69 bits per heavy atom. The zero-order valence-electron chi connectivity index (χ0n) is 13.5. The molecule has 0 bridgehead atoms. The molecule has 26 heavy (non-hydrogen) atoms. The Balaban J connectivity index is 1.81. The number of benzene rings is 2. The van der Waals surface area contributed by atoms with Gasteiger partial charge in [0.15, 0.2) is 0 Å². The van der Waals surface area contributed by atoms with Gasteiger partial charge in [0.05, 0.1) is 0 Å². The van der Waals surface area contributed by atoms with E-state index in [1.807, 2.05) is 36.4 Å². The summed E-state index contributed by atoms with van der Waals surface area (Å²) < 4.78 is 15.4. The number of methoxy groups -OCH3 is 1. The van der Waals surface area contributed by atoms with E-state index >= 15 is 0 Å². The molecule has 0 spiro atoms. The minimum atomic E-state index is -1.33. The summed E-state index contributed by atoms with van der Waals surface area (Å²) in [6, 6.07) is 18.3. The SMILES string of the molecule is COC(=O)c1onc(O[I-]C(=O)c2ccccc2)c1Sc1ccccc1. The van der Waals surface area contributed by atoms with Crippen LogP contribution in [0.4, 0.5) is 0 Å². The van der Waals surface area contributed by atoms with Crippen LogP contribution in [0.3, 0.4) is 0 Å². The normalized spacial score (nSPS) is 10.5. The van der Waals surface area contributed by atoms with Crippen LogP contribution >= 0.6 is 11.8 Å². The van der Waals surface area contributed by atoms with Crippen LogP contribution in [0.2, 0.25) is 0 Å². The molecule has 1 aromatic heterocycles. The van der Waals surface area contributed by atoms with Gasteiger partial charge in [-0.25, -0.2) is 0 Å². The summed E-state index contributed by atoms with van der Waals surface area (Å²) in [5.41, 5.74) is 0.578. The third kappa shape index (κ3) is 4.44. The van der Waals surface area contributed by atoms with Crippen LogP contribution in [0.25, 0.3) is 0 Å². The summed E-state index contributed by atoms with van der Waals surface area (Å²) in [7, 11) is 1.26. The monoisotopic (exact) mass is 482 g/mol. The summed E-state index contributed by atoms with van der Waals surface area (Å²) in [6.07, 6.45) is 0. The molecule has 3 rings (SSSR count). The molecule has 0 aliphatic heterocycles. The van der Waals surface area contributed by atoms with Crippen LogP contribution in [-0.4, -0.2) is 22.0 Å². The van der Waals surface area contributed by atoms with E-state index in [1.54, 1.807) is 24.3 Å². The van der Waals surface area contributed by atoms with Crippen molar-refractivity contribution >= 4 is 21.5 Å². The number of hydrogen-bond donors (Lipinski definition) is 0. The Labute approximate surface area is 164 Å². The number of aromatic nitrogens is 1. The number of rotatable bonds is 7. The number of halogens is 1. The van der Waals surface area contributed by atoms with E-state index < -0.39 is 27.6 Å². The molecular weight excluding hydrogens is 469 g/mol. The van der Waals surface area contributed by atoms with Gasteiger partial charge in [-0.1, -0.05) is 0 Å². The zero-order valence-corrected chi connectivity index (χ0v) is 16.5. The molecule has 6 nitrogen and oxygen atoms in total. The molecule has 0 atom stereocenters. The second-order valence-electron chi connectivity index (χ2n) is 4.85. The fraction of sp³-hybridized carbons (Fsp3) is 0.0556. The average Bonchev–Trinajstić information content (AvgIpc) is 3.09. The predicted molar refractivity (Wildman–Crippen MR) is 89.8 cm³/mol. The van der Waals surface area contributed by atoms with Crippen molar-refractivity contribution in [2.24, 2.45) is 0 Å². The van der Waals surface area contributed by atoms with E-state index in [-0.39, 0.29) is 15.4 Å². The molecule has 0 aliphatic carbocycles. The second kappa shape index (κ2) is 8.86. The van der Waals surface area contributed by atoms with Gasteiger partial charge in [-0.05, 0) is 0 Å². The number of carbonyl (C=O) groups is 2. The summed E-state index contributed by atoms with van der Waals surface area (Å²) in [5, 5.41) is 3.80. The van der Waals surface area contributed by atoms with Gasteiger partial charge in [0, 0.05) is 0 Å². The van der Waals surface area contributed by atoms with Crippen LogP contribution in [0, 0.1) is 0 Å². The van der Waals surface area contributed by atoms with Crippen molar-refractivity contribution in [3.8, 4) is 5.88 Å². The standard InChI is InChI=1S/C18H13INO5S/c1-23-18(22)14-15(26-13-10-6-3-7-11-13)17(20-25-14)24-19-16(21)12-8-4-2-5-9-12/h2-11H,1H3/q-1. The Morgan fingerprint density at radius 1 is 1.04 bits per heavy atom. The molecular formula is C18H13INO5S-. The molecule has 0 fully saturated rings. The van der Waals surface area contributed by atoms with Gasteiger partial charge >= 0.3 is 165 Å². The van der Waals surface area contributed by atoms with Crippen molar-refractivity contribution in [2.45, 2.75) is 9.79 Å². The van der Waals surface area contributed by atoms with E-state index in [2.05, 4.69) is 5.16 Å². The zero-order chi connectivity index (χ0) is 18.4. The van der Waals surface area contributed by atoms with Gasteiger partial charge in [0.25, 0.3) is 0 Å². The van der Waals surface area contributed by atoms with Crippen molar-refractivity contribution < 1.29 is 43.5 Å². The first kappa shape index (κ1) is 18.5. The number of nitrogens with zero attached hydrogens (tertiary/aromatic N) is 1. The maximum atomic E-state index is 12.3. The summed E-state index contributed by atoms with van der Waals surface area (Å²) >= 11 is -0.0631. The van der Waals surface area contributed by atoms with Gasteiger partial charge in [0.2, 0.25) is 0 Å². The molecule has 134 valence electrons. The van der Waals surface area contributed by atoms with Gasteiger partial charge < -0.3 is 0 Å². The van der Waals surface area contributed by atoms with E-state index in [4.69, 9.17) is 12.3 Å². The molecule has 2 aromatic carbocycles. The number of hydrogen-bond acceptors (Lipinski definition) is 7. The molecule has 0 unspecified atom stereocenters. The Hall–Kier alpha value is -2.33. The molecule has 0 aliphatic rings. The van der Waals surface area contributed by atoms with Crippen LogP contribution in [-0.2, 0) is 4.74 Å². The van der Waals surface area contributed by atoms with Gasteiger partial charge in [-0.3, -0.25) is 0 Å². The Kier molecular flexibility index (Phi) is 6.29. The number of carbonyl (C=O) groups excluding carboxylic acids is 2. The number of esters is 1. The molecule has 0 saturated heterocycles. The van der Waals surface area contributed by atoms with Crippen LogP contribution < -0.4 is 24.7 Å². The van der Waals surface area contributed by atoms with Crippen molar-refractivity contribution in [1.82, 2.24) is 5.16 Å². The van der Waals surface area contributed by atoms with E-state index in [0.717, 1.165) is 4.90 Å². The fourth-order valence-electron chi connectivity index (χ4n) is 1.92. The first-order valence-corrected chi connectivity index (χ1v) is 10.2. The third-order valence-corrected chi connectivity index (χ3v) is 5.87. The van der Waals surface area contributed by atoms with Gasteiger partial charge in [0.1, 0.15) is 0 Å². The first-order chi connectivity index (χ1) is 12.7. The second-order valence-corrected chi connectivity index (χ2v) is 7.79. The topological polar surface area (TPSA) is 78.6 Å².